The van der Waals surface area contributed by atoms with Crippen molar-refractivity contribution in [1.82, 2.24) is 0 Å². The van der Waals surface area contributed by atoms with E-state index in [2.05, 4.69) is 36.4 Å². The highest BCUT2D eigenvalue weighted by Gasteiger charge is 2.19. The first-order chi connectivity index (χ1) is 11.9. The van der Waals surface area contributed by atoms with Gasteiger partial charge in [-0.15, -0.1) is 0 Å². The van der Waals surface area contributed by atoms with E-state index in [0.717, 1.165) is 17.4 Å². The molecule has 0 fully saturated rings. The van der Waals surface area contributed by atoms with Crippen molar-refractivity contribution < 1.29 is 9.31 Å². The Hall–Kier alpha value is -2.36. The molecule has 0 amide bonds. The first-order valence-corrected chi connectivity index (χ1v) is 8.25. The lowest BCUT2D eigenvalue weighted by atomic mass is 9.80. The molecule has 0 atom stereocenters. The van der Waals surface area contributed by atoms with Crippen LogP contribution in [0.1, 0.15) is 16.7 Å². The molecule has 0 saturated carbocycles. The van der Waals surface area contributed by atoms with Crippen LogP contribution in [0.2, 0.25) is 0 Å². The Morgan fingerprint density at radius 2 is 0.875 bits per heavy atom. The highest BCUT2D eigenvalue weighted by Crippen LogP contribution is 2.10. The fourth-order valence-electron chi connectivity index (χ4n) is 2.50. The van der Waals surface area contributed by atoms with Gasteiger partial charge in [0.05, 0.1) is 13.2 Å². The lowest BCUT2D eigenvalue weighted by molar-refractivity contribution is 0.181. The molecule has 120 valence electrons. The first kappa shape index (κ1) is 16.5. The van der Waals surface area contributed by atoms with Crippen molar-refractivity contribution in [3.05, 3.63) is 108 Å². The first-order valence-electron chi connectivity index (χ1n) is 8.25. The van der Waals surface area contributed by atoms with Gasteiger partial charge in [-0.25, -0.2) is 0 Å². The molecule has 3 rings (SSSR count). The van der Waals surface area contributed by atoms with Gasteiger partial charge in [0.15, 0.2) is 0 Å². The minimum Gasteiger partial charge on any atom is -0.407 e. The van der Waals surface area contributed by atoms with Crippen LogP contribution in [0, 0.1) is 0 Å². The molecule has 24 heavy (non-hydrogen) atoms. The SMILES string of the molecule is c1ccc(COB(Cc2ccccc2)OCc2ccccc2)cc1. The second-order valence-electron chi connectivity index (χ2n) is 5.71. The monoisotopic (exact) mass is 316 g/mol. The van der Waals surface area contributed by atoms with Crippen LogP contribution in [-0.2, 0) is 28.8 Å². The summed E-state index contributed by atoms with van der Waals surface area (Å²) in [6.07, 6.45) is 0.737. The van der Waals surface area contributed by atoms with Crippen LogP contribution in [0.4, 0.5) is 0 Å². The highest BCUT2D eigenvalue weighted by molar-refractivity contribution is 6.43. The molecule has 0 aromatic heterocycles. The third kappa shape index (κ3) is 5.37. The average molecular weight is 316 g/mol. The van der Waals surface area contributed by atoms with Gasteiger partial charge in [0.2, 0.25) is 0 Å². The zero-order valence-corrected chi connectivity index (χ0v) is 13.7. The largest absolute Gasteiger partial charge is 0.461 e. The smallest absolute Gasteiger partial charge is 0.407 e. The standard InChI is InChI=1S/C21H21BO2/c1-4-10-19(11-5-1)16-22(23-17-20-12-6-2-7-13-20)24-18-21-14-8-3-9-15-21/h1-15H,16-18H2. The summed E-state index contributed by atoms with van der Waals surface area (Å²) in [7, 11) is -0.271. The molecule has 3 heteroatoms. The maximum Gasteiger partial charge on any atom is 0.461 e. The van der Waals surface area contributed by atoms with Crippen molar-refractivity contribution in [2.75, 3.05) is 0 Å². The molecule has 0 radical (unpaired) electrons. The molecule has 0 N–H and O–H groups in total. The Morgan fingerprint density at radius 1 is 0.500 bits per heavy atom. The molecule has 0 heterocycles. The summed E-state index contributed by atoms with van der Waals surface area (Å²) in [4.78, 5) is 0. The molecule has 0 aliphatic carbocycles. The summed E-state index contributed by atoms with van der Waals surface area (Å²) >= 11 is 0. The topological polar surface area (TPSA) is 18.5 Å². The summed E-state index contributed by atoms with van der Waals surface area (Å²) in [5.74, 6) is 0. The van der Waals surface area contributed by atoms with Crippen molar-refractivity contribution in [2.45, 2.75) is 19.5 Å². The molecule has 0 saturated heterocycles. The van der Waals surface area contributed by atoms with Gasteiger partial charge in [0.25, 0.3) is 0 Å². The number of hydrogen-bond donors (Lipinski definition) is 0. The Kier molecular flexibility index (Phi) is 6.23. The molecular formula is C21H21BO2. The van der Waals surface area contributed by atoms with E-state index in [-0.39, 0.29) is 7.12 Å². The lowest BCUT2D eigenvalue weighted by Gasteiger charge is -2.15. The molecule has 0 unspecified atom stereocenters. The minimum absolute atomic E-state index is 0.271. The van der Waals surface area contributed by atoms with Crippen LogP contribution in [0.3, 0.4) is 0 Å². The number of rotatable bonds is 8. The third-order valence-corrected chi connectivity index (χ3v) is 3.80. The summed E-state index contributed by atoms with van der Waals surface area (Å²) < 4.78 is 12.1. The Labute approximate surface area is 144 Å². The lowest BCUT2D eigenvalue weighted by Crippen LogP contribution is -2.26. The Morgan fingerprint density at radius 3 is 1.29 bits per heavy atom. The van der Waals surface area contributed by atoms with Gasteiger partial charge in [0, 0.05) is 6.32 Å². The van der Waals surface area contributed by atoms with Gasteiger partial charge < -0.3 is 9.31 Å². The fourth-order valence-corrected chi connectivity index (χ4v) is 2.50. The van der Waals surface area contributed by atoms with Crippen LogP contribution in [0.15, 0.2) is 91.0 Å². The zero-order chi connectivity index (χ0) is 16.5. The Balaban J connectivity index is 1.61. The molecule has 0 bridgehead atoms. The van der Waals surface area contributed by atoms with E-state index >= 15 is 0 Å². The van der Waals surface area contributed by atoms with Gasteiger partial charge >= 0.3 is 7.12 Å². The van der Waals surface area contributed by atoms with E-state index in [1.54, 1.807) is 0 Å². The van der Waals surface area contributed by atoms with E-state index < -0.39 is 0 Å². The van der Waals surface area contributed by atoms with E-state index in [1.165, 1.54) is 5.56 Å². The molecule has 0 spiro atoms. The summed E-state index contributed by atoms with van der Waals surface area (Å²) in [5.41, 5.74) is 3.52. The normalized spacial score (nSPS) is 10.5. The van der Waals surface area contributed by atoms with E-state index in [9.17, 15) is 0 Å². The van der Waals surface area contributed by atoms with Gasteiger partial charge in [0.1, 0.15) is 0 Å². The second-order valence-corrected chi connectivity index (χ2v) is 5.71. The van der Waals surface area contributed by atoms with Crippen LogP contribution in [-0.4, -0.2) is 7.12 Å². The zero-order valence-electron chi connectivity index (χ0n) is 13.7. The van der Waals surface area contributed by atoms with Crippen molar-refractivity contribution in [3.8, 4) is 0 Å². The molecule has 3 aromatic carbocycles. The maximum atomic E-state index is 6.03. The minimum atomic E-state index is -0.271. The maximum absolute atomic E-state index is 6.03. The predicted octanol–water partition coefficient (Wildman–Crippen LogP) is 4.69. The number of benzene rings is 3. The summed E-state index contributed by atoms with van der Waals surface area (Å²) in [5, 5.41) is 0. The highest BCUT2D eigenvalue weighted by atomic mass is 16.6. The van der Waals surface area contributed by atoms with Crippen LogP contribution in [0.25, 0.3) is 0 Å². The van der Waals surface area contributed by atoms with E-state index in [4.69, 9.17) is 9.31 Å². The van der Waals surface area contributed by atoms with Crippen LogP contribution < -0.4 is 0 Å². The molecular weight excluding hydrogens is 295 g/mol. The number of hydrogen-bond acceptors (Lipinski definition) is 2. The fraction of sp³-hybridized carbons (Fsp3) is 0.143. The van der Waals surface area contributed by atoms with Gasteiger partial charge in [-0.05, 0) is 11.1 Å². The second kappa shape index (κ2) is 9.07. The van der Waals surface area contributed by atoms with Crippen LogP contribution >= 0.6 is 0 Å². The Bertz CT molecular complexity index is 658. The van der Waals surface area contributed by atoms with Crippen molar-refractivity contribution in [3.63, 3.8) is 0 Å². The van der Waals surface area contributed by atoms with Crippen molar-refractivity contribution >= 4 is 7.12 Å². The van der Waals surface area contributed by atoms with Gasteiger partial charge in [-0.2, -0.15) is 0 Å². The van der Waals surface area contributed by atoms with Crippen LogP contribution in [0.5, 0.6) is 0 Å². The van der Waals surface area contributed by atoms with E-state index in [0.29, 0.717) is 13.2 Å². The summed E-state index contributed by atoms with van der Waals surface area (Å²) in [6.45, 7) is 1.10. The van der Waals surface area contributed by atoms with Crippen molar-refractivity contribution in [2.24, 2.45) is 0 Å². The molecule has 0 aliphatic heterocycles. The summed E-state index contributed by atoms with van der Waals surface area (Å²) in [6, 6.07) is 30.7. The van der Waals surface area contributed by atoms with Crippen molar-refractivity contribution in [1.29, 1.82) is 0 Å². The van der Waals surface area contributed by atoms with E-state index in [1.807, 2.05) is 54.6 Å². The molecule has 3 aromatic rings. The van der Waals surface area contributed by atoms with Gasteiger partial charge in [-0.3, -0.25) is 0 Å². The van der Waals surface area contributed by atoms with Gasteiger partial charge in [-0.1, -0.05) is 96.6 Å². The predicted molar refractivity (Wildman–Crippen MR) is 98.4 cm³/mol. The average Bonchev–Trinajstić information content (AvgIpc) is 2.66. The quantitative estimate of drug-likeness (QED) is 0.561. The molecule has 0 aliphatic rings. The third-order valence-electron chi connectivity index (χ3n) is 3.80. The molecule has 2 nitrogen and oxygen atoms in total.